The molecule has 0 spiro atoms. The van der Waals surface area contributed by atoms with Crippen LogP contribution in [-0.4, -0.2) is 24.0 Å². The van der Waals surface area contributed by atoms with E-state index in [1.54, 1.807) is 11.3 Å². The number of carbonyl (C=O) groups excluding carboxylic acids is 1. The molecule has 2 N–H and O–H groups in total. The van der Waals surface area contributed by atoms with Crippen LogP contribution in [0.4, 0.5) is 0 Å². The molecule has 19 heavy (non-hydrogen) atoms. The van der Waals surface area contributed by atoms with Crippen molar-refractivity contribution >= 4 is 17.2 Å². The molecule has 1 fully saturated rings. The largest absolute Gasteiger partial charge is 0.347 e. The van der Waals surface area contributed by atoms with E-state index in [-0.39, 0.29) is 11.9 Å². The van der Waals surface area contributed by atoms with Crippen LogP contribution >= 0.6 is 11.3 Å². The van der Waals surface area contributed by atoms with E-state index >= 15 is 0 Å². The van der Waals surface area contributed by atoms with Crippen molar-refractivity contribution in [3.8, 4) is 0 Å². The summed E-state index contributed by atoms with van der Waals surface area (Å²) in [5.74, 6) is 0.637. The molecule has 1 aromatic heterocycles. The second kappa shape index (κ2) is 7.01. The molecule has 2 atom stereocenters. The molecule has 106 valence electrons. The fraction of sp³-hybridized carbons (Fsp3) is 0.714. The molecule has 0 saturated carbocycles. The molecule has 0 aliphatic carbocycles. The van der Waals surface area contributed by atoms with Crippen molar-refractivity contribution in [2.24, 2.45) is 5.92 Å². The van der Waals surface area contributed by atoms with Gasteiger partial charge in [-0.25, -0.2) is 4.98 Å². The van der Waals surface area contributed by atoms with E-state index in [0.29, 0.717) is 12.3 Å². The highest BCUT2D eigenvalue weighted by atomic mass is 32.1. The summed E-state index contributed by atoms with van der Waals surface area (Å²) in [6.07, 6.45) is 5.88. The minimum atomic E-state index is 0.0225. The number of thiazole rings is 1. The number of aromatic nitrogens is 1. The molecule has 1 saturated heterocycles. The third-order valence-electron chi connectivity index (χ3n) is 3.54. The van der Waals surface area contributed by atoms with E-state index in [4.69, 9.17) is 0 Å². The van der Waals surface area contributed by atoms with Gasteiger partial charge in [-0.2, -0.15) is 0 Å². The summed E-state index contributed by atoms with van der Waals surface area (Å²) >= 11 is 1.69. The molecule has 1 amide bonds. The van der Waals surface area contributed by atoms with Crippen LogP contribution in [-0.2, 0) is 11.2 Å². The molecular weight excluding hydrogens is 258 g/mol. The monoisotopic (exact) mass is 281 g/mol. The first-order valence-electron chi connectivity index (χ1n) is 7.13. The van der Waals surface area contributed by atoms with Crippen LogP contribution in [0.2, 0.25) is 0 Å². The van der Waals surface area contributed by atoms with Gasteiger partial charge >= 0.3 is 0 Å². The van der Waals surface area contributed by atoms with Gasteiger partial charge in [-0.05, 0) is 45.2 Å². The number of piperidine rings is 1. The SMILES string of the molecule is CCc1cnc(C(C)NC(=O)CC2CCCNC2)s1. The summed E-state index contributed by atoms with van der Waals surface area (Å²) in [7, 11) is 0. The zero-order chi connectivity index (χ0) is 13.7. The molecule has 1 aromatic rings. The van der Waals surface area contributed by atoms with Crippen LogP contribution in [0.3, 0.4) is 0 Å². The summed E-state index contributed by atoms with van der Waals surface area (Å²) in [4.78, 5) is 17.7. The fourth-order valence-electron chi connectivity index (χ4n) is 2.41. The van der Waals surface area contributed by atoms with Gasteiger partial charge in [0.2, 0.25) is 5.91 Å². The molecule has 2 heterocycles. The summed E-state index contributed by atoms with van der Waals surface area (Å²) in [6, 6.07) is 0.0225. The van der Waals surface area contributed by atoms with Gasteiger partial charge in [-0.15, -0.1) is 11.3 Å². The maximum absolute atomic E-state index is 12.0. The maximum Gasteiger partial charge on any atom is 0.220 e. The van der Waals surface area contributed by atoms with Gasteiger partial charge in [-0.3, -0.25) is 4.79 Å². The molecular formula is C14H23N3OS. The zero-order valence-electron chi connectivity index (χ0n) is 11.7. The number of carbonyl (C=O) groups is 1. The minimum absolute atomic E-state index is 0.0225. The number of rotatable bonds is 5. The highest BCUT2D eigenvalue weighted by molar-refractivity contribution is 7.11. The third kappa shape index (κ3) is 4.28. The van der Waals surface area contributed by atoms with Crippen LogP contribution in [0.5, 0.6) is 0 Å². The van der Waals surface area contributed by atoms with E-state index in [1.807, 2.05) is 13.1 Å². The first-order chi connectivity index (χ1) is 9.19. The molecule has 0 aromatic carbocycles. The number of hydrogen-bond acceptors (Lipinski definition) is 4. The van der Waals surface area contributed by atoms with E-state index in [2.05, 4.69) is 22.5 Å². The normalized spacial score (nSPS) is 21.1. The standard InChI is InChI=1S/C14H23N3OS/c1-3-12-9-16-14(19-12)10(2)17-13(18)7-11-5-4-6-15-8-11/h9-11,15H,3-8H2,1-2H3,(H,17,18). The Hall–Kier alpha value is -0.940. The third-order valence-corrected chi connectivity index (χ3v) is 4.87. The molecule has 5 heteroatoms. The lowest BCUT2D eigenvalue weighted by Gasteiger charge is -2.22. The lowest BCUT2D eigenvalue weighted by molar-refractivity contribution is -0.122. The highest BCUT2D eigenvalue weighted by Gasteiger charge is 2.19. The van der Waals surface area contributed by atoms with Gasteiger partial charge < -0.3 is 10.6 Å². The van der Waals surface area contributed by atoms with E-state index in [0.717, 1.165) is 30.9 Å². The maximum atomic E-state index is 12.0. The number of aryl methyl sites for hydroxylation is 1. The van der Waals surface area contributed by atoms with Crippen molar-refractivity contribution in [1.29, 1.82) is 0 Å². The number of nitrogens with zero attached hydrogens (tertiary/aromatic N) is 1. The molecule has 1 aliphatic rings. The van der Waals surface area contributed by atoms with Crippen molar-refractivity contribution in [2.75, 3.05) is 13.1 Å². The van der Waals surface area contributed by atoms with Crippen molar-refractivity contribution in [2.45, 2.75) is 45.6 Å². The zero-order valence-corrected chi connectivity index (χ0v) is 12.6. The Balaban J connectivity index is 1.80. The van der Waals surface area contributed by atoms with Crippen LogP contribution in [0.25, 0.3) is 0 Å². The van der Waals surface area contributed by atoms with Crippen molar-refractivity contribution in [1.82, 2.24) is 15.6 Å². The second-order valence-electron chi connectivity index (χ2n) is 5.22. The Morgan fingerprint density at radius 2 is 2.53 bits per heavy atom. The number of amides is 1. The quantitative estimate of drug-likeness (QED) is 0.870. The summed E-state index contributed by atoms with van der Waals surface area (Å²) in [5, 5.41) is 7.41. The Kier molecular flexibility index (Phi) is 5.34. The number of hydrogen-bond donors (Lipinski definition) is 2. The van der Waals surface area contributed by atoms with Crippen LogP contribution in [0.1, 0.15) is 49.0 Å². The van der Waals surface area contributed by atoms with Gasteiger partial charge in [0.15, 0.2) is 0 Å². The second-order valence-corrected chi connectivity index (χ2v) is 6.37. The van der Waals surface area contributed by atoms with Gasteiger partial charge in [0.1, 0.15) is 5.01 Å². The van der Waals surface area contributed by atoms with Gasteiger partial charge in [0, 0.05) is 17.5 Å². The van der Waals surface area contributed by atoms with E-state index < -0.39 is 0 Å². The predicted molar refractivity (Wildman–Crippen MR) is 78.3 cm³/mol. The molecule has 4 nitrogen and oxygen atoms in total. The molecule has 0 radical (unpaired) electrons. The van der Waals surface area contributed by atoms with Crippen molar-refractivity contribution in [3.05, 3.63) is 16.1 Å². The molecule has 1 aliphatic heterocycles. The van der Waals surface area contributed by atoms with Gasteiger partial charge in [-0.1, -0.05) is 6.92 Å². The first kappa shape index (κ1) is 14.5. The lowest BCUT2D eigenvalue weighted by atomic mass is 9.96. The van der Waals surface area contributed by atoms with Crippen LogP contribution < -0.4 is 10.6 Å². The average Bonchev–Trinajstić information content (AvgIpc) is 2.88. The van der Waals surface area contributed by atoms with E-state index in [1.165, 1.54) is 11.3 Å². The number of nitrogens with one attached hydrogen (secondary N) is 2. The fourth-order valence-corrected chi connectivity index (χ4v) is 3.27. The van der Waals surface area contributed by atoms with E-state index in [9.17, 15) is 4.79 Å². The Morgan fingerprint density at radius 3 is 3.16 bits per heavy atom. The Labute approximate surface area is 119 Å². The van der Waals surface area contributed by atoms with Crippen LogP contribution in [0, 0.1) is 5.92 Å². The predicted octanol–water partition coefficient (Wildman–Crippen LogP) is 2.27. The molecule has 0 bridgehead atoms. The van der Waals surface area contributed by atoms with Gasteiger partial charge in [0.25, 0.3) is 0 Å². The summed E-state index contributed by atoms with van der Waals surface area (Å²) in [5.41, 5.74) is 0. The summed E-state index contributed by atoms with van der Waals surface area (Å²) < 4.78 is 0. The van der Waals surface area contributed by atoms with Crippen molar-refractivity contribution in [3.63, 3.8) is 0 Å². The highest BCUT2D eigenvalue weighted by Crippen LogP contribution is 2.21. The van der Waals surface area contributed by atoms with Crippen LogP contribution in [0.15, 0.2) is 6.20 Å². The van der Waals surface area contributed by atoms with Crippen molar-refractivity contribution < 1.29 is 4.79 Å². The summed E-state index contributed by atoms with van der Waals surface area (Å²) in [6.45, 7) is 6.19. The first-order valence-corrected chi connectivity index (χ1v) is 7.95. The molecule has 2 unspecified atom stereocenters. The Bertz CT molecular complexity index is 413. The molecule has 2 rings (SSSR count). The Morgan fingerprint density at radius 1 is 1.68 bits per heavy atom. The minimum Gasteiger partial charge on any atom is -0.347 e. The smallest absolute Gasteiger partial charge is 0.220 e. The topological polar surface area (TPSA) is 54.0 Å². The lowest BCUT2D eigenvalue weighted by Crippen LogP contribution is -2.35. The van der Waals surface area contributed by atoms with Gasteiger partial charge in [0.05, 0.1) is 6.04 Å². The average molecular weight is 281 g/mol.